The number of aromatic hydroxyl groups is 1. The van der Waals surface area contributed by atoms with Crippen LogP contribution >= 0.6 is 11.6 Å². The van der Waals surface area contributed by atoms with Gasteiger partial charge >= 0.3 is 0 Å². The predicted molar refractivity (Wildman–Crippen MR) is 124 cm³/mol. The van der Waals surface area contributed by atoms with E-state index in [1.54, 1.807) is 6.07 Å². The largest absolute Gasteiger partial charge is 0.506 e. The number of anilines is 1. The molecule has 0 unspecified atom stereocenters. The summed E-state index contributed by atoms with van der Waals surface area (Å²) >= 11 is 6.14. The number of aromatic nitrogens is 1. The van der Waals surface area contributed by atoms with E-state index in [9.17, 15) is 5.11 Å². The Labute approximate surface area is 183 Å². The van der Waals surface area contributed by atoms with Crippen molar-refractivity contribution in [2.24, 2.45) is 5.92 Å². The van der Waals surface area contributed by atoms with E-state index in [2.05, 4.69) is 39.0 Å². The van der Waals surface area contributed by atoms with Gasteiger partial charge in [-0.1, -0.05) is 23.7 Å². The number of rotatable bonds is 4. The van der Waals surface area contributed by atoms with Crippen LogP contribution in [0.2, 0.25) is 5.02 Å². The Morgan fingerprint density at radius 2 is 1.67 bits per heavy atom. The molecule has 2 aliphatic heterocycles. The molecule has 1 aromatic heterocycles. The van der Waals surface area contributed by atoms with Gasteiger partial charge in [0.25, 0.3) is 0 Å². The molecule has 2 aromatic carbocycles. The molecule has 0 saturated carbocycles. The Morgan fingerprint density at radius 1 is 0.933 bits per heavy atom. The van der Waals surface area contributed by atoms with Gasteiger partial charge in [-0.3, -0.25) is 4.98 Å². The van der Waals surface area contributed by atoms with Crippen LogP contribution in [0.15, 0.2) is 48.7 Å². The van der Waals surface area contributed by atoms with Gasteiger partial charge in [-0.05, 0) is 86.1 Å². The third-order valence-electron chi connectivity index (χ3n) is 6.67. The second-order valence-electron chi connectivity index (χ2n) is 8.67. The molecule has 0 spiro atoms. The lowest BCUT2D eigenvalue weighted by atomic mass is 9.95. The SMILES string of the molecule is Oc1ccc(-c2ccc3nccc(N4CCC(CN5CCCC5)CC4)c3c2)cc1Cl. The summed E-state index contributed by atoms with van der Waals surface area (Å²) in [6.45, 7) is 6.06. The van der Waals surface area contributed by atoms with Crippen molar-refractivity contribution in [1.82, 2.24) is 9.88 Å². The molecule has 5 rings (SSSR count). The second-order valence-corrected chi connectivity index (χ2v) is 9.07. The minimum Gasteiger partial charge on any atom is -0.506 e. The zero-order valence-electron chi connectivity index (χ0n) is 17.2. The van der Waals surface area contributed by atoms with Gasteiger partial charge in [-0.2, -0.15) is 0 Å². The number of benzene rings is 2. The maximum absolute atomic E-state index is 9.74. The van der Waals surface area contributed by atoms with Crippen molar-refractivity contribution in [3.63, 3.8) is 0 Å². The Kier molecular flexibility index (Phi) is 5.53. The minimum absolute atomic E-state index is 0.111. The van der Waals surface area contributed by atoms with E-state index in [-0.39, 0.29) is 5.75 Å². The number of hydrogen-bond acceptors (Lipinski definition) is 4. The molecule has 5 heteroatoms. The van der Waals surface area contributed by atoms with E-state index in [0.29, 0.717) is 5.02 Å². The number of hydrogen-bond donors (Lipinski definition) is 1. The van der Waals surface area contributed by atoms with Gasteiger partial charge in [0.15, 0.2) is 0 Å². The monoisotopic (exact) mass is 421 g/mol. The first-order valence-corrected chi connectivity index (χ1v) is 11.4. The van der Waals surface area contributed by atoms with Crippen LogP contribution < -0.4 is 4.90 Å². The average Bonchev–Trinajstić information content (AvgIpc) is 3.28. The maximum Gasteiger partial charge on any atom is 0.134 e. The molecule has 2 fully saturated rings. The van der Waals surface area contributed by atoms with E-state index < -0.39 is 0 Å². The molecule has 2 aliphatic rings. The number of fused-ring (bicyclic) bond motifs is 1. The third-order valence-corrected chi connectivity index (χ3v) is 6.97. The molecule has 0 atom stereocenters. The first-order chi connectivity index (χ1) is 14.7. The molecule has 156 valence electrons. The highest BCUT2D eigenvalue weighted by molar-refractivity contribution is 6.32. The van der Waals surface area contributed by atoms with Crippen LogP contribution in [-0.4, -0.2) is 47.7 Å². The van der Waals surface area contributed by atoms with E-state index in [4.69, 9.17) is 11.6 Å². The summed E-state index contributed by atoms with van der Waals surface area (Å²) in [5.41, 5.74) is 4.37. The van der Waals surface area contributed by atoms with Crippen molar-refractivity contribution in [1.29, 1.82) is 0 Å². The molecule has 3 heterocycles. The predicted octanol–water partition coefficient (Wildman–Crippen LogP) is 5.57. The minimum atomic E-state index is 0.111. The van der Waals surface area contributed by atoms with Crippen LogP contribution in [0.25, 0.3) is 22.0 Å². The molecule has 2 saturated heterocycles. The zero-order chi connectivity index (χ0) is 20.5. The average molecular weight is 422 g/mol. The fraction of sp³-hybridized carbons (Fsp3) is 0.400. The molecular weight excluding hydrogens is 394 g/mol. The van der Waals surface area contributed by atoms with Crippen LogP contribution in [-0.2, 0) is 0 Å². The number of pyridine rings is 1. The van der Waals surface area contributed by atoms with E-state index in [1.165, 1.54) is 56.4 Å². The van der Waals surface area contributed by atoms with Crippen molar-refractivity contribution in [3.8, 4) is 16.9 Å². The van der Waals surface area contributed by atoms with E-state index >= 15 is 0 Å². The molecular formula is C25H28ClN3O. The number of piperidine rings is 1. The number of likely N-dealkylation sites (tertiary alicyclic amines) is 1. The lowest BCUT2D eigenvalue weighted by Gasteiger charge is -2.35. The summed E-state index contributed by atoms with van der Waals surface area (Å²) in [4.78, 5) is 9.76. The number of halogens is 1. The normalized spacial score (nSPS) is 18.4. The Morgan fingerprint density at radius 3 is 2.43 bits per heavy atom. The lowest BCUT2D eigenvalue weighted by Crippen LogP contribution is -2.38. The molecule has 0 amide bonds. The van der Waals surface area contributed by atoms with Crippen LogP contribution in [0.1, 0.15) is 25.7 Å². The Bertz CT molecular complexity index is 1040. The first kappa shape index (κ1) is 19.7. The van der Waals surface area contributed by atoms with Gasteiger partial charge < -0.3 is 14.9 Å². The molecule has 3 aromatic rings. The molecule has 0 bridgehead atoms. The summed E-state index contributed by atoms with van der Waals surface area (Å²) in [5.74, 6) is 0.933. The van der Waals surface area contributed by atoms with Gasteiger partial charge in [0.2, 0.25) is 0 Å². The summed E-state index contributed by atoms with van der Waals surface area (Å²) in [5, 5.41) is 11.3. The highest BCUT2D eigenvalue weighted by Gasteiger charge is 2.24. The third kappa shape index (κ3) is 3.99. The van der Waals surface area contributed by atoms with Crippen LogP contribution in [0.5, 0.6) is 5.75 Å². The van der Waals surface area contributed by atoms with Gasteiger partial charge in [-0.25, -0.2) is 0 Å². The van der Waals surface area contributed by atoms with E-state index in [0.717, 1.165) is 35.7 Å². The molecule has 4 nitrogen and oxygen atoms in total. The van der Waals surface area contributed by atoms with Crippen molar-refractivity contribution in [2.75, 3.05) is 37.6 Å². The Balaban J connectivity index is 1.38. The maximum atomic E-state index is 9.74. The molecule has 0 radical (unpaired) electrons. The summed E-state index contributed by atoms with van der Waals surface area (Å²) in [6.07, 6.45) is 7.18. The van der Waals surface area contributed by atoms with Gasteiger partial charge in [0.1, 0.15) is 5.75 Å². The zero-order valence-corrected chi connectivity index (χ0v) is 18.0. The fourth-order valence-electron chi connectivity index (χ4n) is 4.96. The molecule has 30 heavy (non-hydrogen) atoms. The highest BCUT2D eigenvalue weighted by atomic mass is 35.5. The fourth-order valence-corrected chi connectivity index (χ4v) is 5.14. The van der Waals surface area contributed by atoms with Crippen LogP contribution in [0, 0.1) is 5.92 Å². The quantitative estimate of drug-likeness (QED) is 0.597. The lowest BCUT2D eigenvalue weighted by molar-refractivity contribution is 0.249. The van der Waals surface area contributed by atoms with E-state index in [1.807, 2.05) is 18.3 Å². The van der Waals surface area contributed by atoms with Crippen molar-refractivity contribution >= 4 is 28.2 Å². The van der Waals surface area contributed by atoms with Crippen molar-refractivity contribution in [3.05, 3.63) is 53.7 Å². The standard InChI is InChI=1S/C25H28ClN3O/c26-22-16-20(4-6-25(22)30)19-3-5-23-21(15-19)24(7-10-27-23)29-13-8-18(9-14-29)17-28-11-1-2-12-28/h3-7,10,15-16,18,30H,1-2,8-9,11-14,17H2. The topological polar surface area (TPSA) is 39.6 Å². The first-order valence-electron chi connectivity index (χ1n) is 11.0. The summed E-state index contributed by atoms with van der Waals surface area (Å²) in [6, 6.07) is 13.9. The Hall–Kier alpha value is -2.30. The van der Waals surface area contributed by atoms with Gasteiger partial charge in [0, 0.05) is 36.9 Å². The van der Waals surface area contributed by atoms with Crippen molar-refractivity contribution < 1.29 is 5.11 Å². The number of phenolic OH excluding ortho intramolecular Hbond substituents is 1. The second kappa shape index (κ2) is 8.44. The summed E-state index contributed by atoms with van der Waals surface area (Å²) < 4.78 is 0. The molecule has 1 N–H and O–H groups in total. The highest BCUT2D eigenvalue weighted by Crippen LogP contribution is 2.34. The smallest absolute Gasteiger partial charge is 0.134 e. The van der Waals surface area contributed by atoms with Gasteiger partial charge in [-0.15, -0.1) is 0 Å². The molecule has 0 aliphatic carbocycles. The summed E-state index contributed by atoms with van der Waals surface area (Å²) in [7, 11) is 0. The van der Waals surface area contributed by atoms with Crippen molar-refractivity contribution in [2.45, 2.75) is 25.7 Å². The van der Waals surface area contributed by atoms with Crippen LogP contribution in [0.3, 0.4) is 0 Å². The number of phenols is 1. The number of nitrogens with zero attached hydrogens (tertiary/aromatic N) is 3. The van der Waals surface area contributed by atoms with Gasteiger partial charge in [0.05, 0.1) is 10.5 Å². The van der Waals surface area contributed by atoms with Crippen LogP contribution in [0.4, 0.5) is 5.69 Å².